The lowest BCUT2D eigenvalue weighted by Crippen LogP contribution is -1.98. The molecule has 1 aromatic carbocycles. The van der Waals surface area contributed by atoms with Gasteiger partial charge in [0.2, 0.25) is 11.1 Å². The summed E-state index contributed by atoms with van der Waals surface area (Å²) in [4.78, 5) is 11.6. The van der Waals surface area contributed by atoms with Crippen LogP contribution in [-0.2, 0) is 0 Å². The first kappa shape index (κ1) is 11.4. The zero-order valence-electron chi connectivity index (χ0n) is 9.01. The van der Waals surface area contributed by atoms with Gasteiger partial charge in [0, 0.05) is 5.56 Å². The monoisotopic (exact) mass is 245 g/mol. The van der Waals surface area contributed by atoms with Gasteiger partial charge in [0.05, 0.1) is 7.11 Å². The van der Waals surface area contributed by atoms with Crippen molar-refractivity contribution < 1.29 is 4.74 Å². The molecular formula is C12H8ClN3O. The fourth-order valence-electron chi connectivity index (χ4n) is 1.13. The highest BCUT2D eigenvalue weighted by Crippen LogP contribution is 2.06. The molecule has 17 heavy (non-hydrogen) atoms. The van der Waals surface area contributed by atoms with E-state index in [0.717, 1.165) is 5.56 Å². The van der Waals surface area contributed by atoms with Gasteiger partial charge < -0.3 is 4.74 Å². The molecule has 0 saturated heterocycles. The molecule has 0 amide bonds. The summed E-state index contributed by atoms with van der Waals surface area (Å²) in [5.41, 5.74) is 0.878. The Labute approximate surface area is 104 Å². The minimum Gasteiger partial charge on any atom is -0.467 e. The van der Waals surface area contributed by atoms with Crippen LogP contribution >= 0.6 is 11.6 Å². The molecule has 0 aliphatic rings. The summed E-state index contributed by atoms with van der Waals surface area (Å²) in [5, 5.41) is 0.0641. The number of ether oxygens (including phenoxy) is 1. The number of aromatic nitrogens is 3. The molecule has 0 spiro atoms. The maximum absolute atomic E-state index is 5.70. The maximum atomic E-state index is 5.70. The van der Waals surface area contributed by atoms with E-state index < -0.39 is 0 Å². The van der Waals surface area contributed by atoms with E-state index in [-0.39, 0.29) is 17.1 Å². The molecule has 0 aliphatic carbocycles. The molecule has 0 saturated carbocycles. The number of hydrogen-bond donors (Lipinski definition) is 0. The molecule has 0 unspecified atom stereocenters. The van der Waals surface area contributed by atoms with Crippen LogP contribution in [0.3, 0.4) is 0 Å². The van der Waals surface area contributed by atoms with Crippen molar-refractivity contribution in [2.75, 3.05) is 7.11 Å². The van der Waals surface area contributed by atoms with Gasteiger partial charge in [-0.05, 0) is 29.7 Å². The van der Waals surface area contributed by atoms with Crippen LogP contribution in [-0.4, -0.2) is 22.1 Å². The van der Waals surface area contributed by atoms with Crippen LogP contribution in [0, 0.1) is 11.8 Å². The highest BCUT2D eigenvalue weighted by atomic mass is 35.5. The Hall–Kier alpha value is -2.12. The normalized spacial score (nSPS) is 9.29. The Morgan fingerprint density at radius 1 is 1.06 bits per heavy atom. The third-order valence-corrected chi connectivity index (χ3v) is 2.03. The second-order valence-corrected chi connectivity index (χ2v) is 3.37. The molecule has 2 rings (SSSR count). The van der Waals surface area contributed by atoms with Gasteiger partial charge in [-0.25, -0.2) is 0 Å². The second kappa shape index (κ2) is 5.28. The van der Waals surface area contributed by atoms with Gasteiger partial charge in [-0.2, -0.15) is 15.0 Å². The van der Waals surface area contributed by atoms with Gasteiger partial charge in [-0.3, -0.25) is 0 Å². The summed E-state index contributed by atoms with van der Waals surface area (Å²) in [6, 6.07) is 9.69. The van der Waals surface area contributed by atoms with Crippen molar-refractivity contribution in [3.63, 3.8) is 0 Å². The van der Waals surface area contributed by atoms with Crippen LogP contribution in [0.1, 0.15) is 11.4 Å². The minimum absolute atomic E-state index is 0.0641. The molecule has 1 heterocycles. The Bertz CT molecular complexity index is 575. The molecule has 0 bridgehead atoms. The summed E-state index contributed by atoms with van der Waals surface area (Å²) < 4.78 is 4.87. The van der Waals surface area contributed by atoms with Gasteiger partial charge in [0.25, 0.3) is 0 Å². The third kappa shape index (κ3) is 3.16. The van der Waals surface area contributed by atoms with Crippen molar-refractivity contribution in [1.29, 1.82) is 0 Å². The number of nitrogens with zero attached hydrogens (tertiary/aromatic N) is 3. The van der Waals surface area contributed by atoms with Crippen molar-refractivity contribution >= 4 is 11.6 Å². The van der Waals surface area contributed by atoms with E-state index in [0.29, 0.717) is 0 Å². The van der Waals surface area contributed by atoms with Gasteiger partial charge >= 0.3 is 6.01 Å². The van der Waals surface area contributed by atoms with Gasteiger partial charge in [0.15, 0.2) is 0 Å². The fraction of sp³-hybridized carbons (Fsp3) is 0.0833. The van der Waals surface area contributed by atoms with Crippen molar-refractivity contribution in [2.24, 2.45) is 0 Å². The Morgan fingerprint density at radius 2 is 1.82 bits per heavy atom. The average Bonchev–Trinajstić information content (AvgIpc) is 2.37. The first-order valence-electron chi connectivity index (χ1n) is 4.80. The van der Waals surface area contributed by atoms with Crippen molar-refractivity contribution in [2.45, 2.75) is 0 Å². The van der Waals surface area contributed by atoms with E-state index in [1.807, 2.05) is 30.3 Å². The Morgan fingerprint density at radius 3 is 2.53 bits per heavy atom. The molecular weight excluding hydrogens is 238 g/mol. The molecule has 5 heteroatoms. The van der Waals surface area contributed by atoms with E-state index >= 15 is 0 Å². The number of methoxy groups -OCH3 is 1. The van der Waals surface area contributed by atoms with Crippen molar-refractivity contribution in [3.05, 3.63) is 47.0 Å². The predicted molar refractivity (Wildman–Crippen MR) is 63.8 cm³/mol. The van der Waals surface area contributed by atoms with Gasteiger partial charge in [0.1, 0.15) is 0 Å². The van der Waals surface area contributed by atoms with E-state index in [2.05, 4.69) is 26.8 Å². The van der Waals surface area contributed by atoms with Crippen LogP contribution in [0.4, 0.5) is 0 Å². The SMILES string of the molecule is COc1nc(Cl)nc(C#Cc2ccccc2)n1. The number of rotatable bonds is 1. The molecule has 0 N–H and O–H groups in total. The molecule has 0 fully saturated rings. The van der Waals surface area contributed by atoms with E-state index in [4.69, 9.17) is 16.3 Å². The summed E-state index contributed by atoms with van der Waals surface area (Å²) in [6.45, 7) is 0. The van der Waals surface area contributed by atoms with Crippen LogP contribution in [0.25, 0.3) is 0 Å². The highest BCUT2D eigenvalue weighted by Gasteiger charge is 2.01. The smallest absolute Gasteiger partial charge is 0.321 e. The molecule has 1 aromatic heterocycles. The van der Waals surface area contributed by atoms with Gasteiger partial charge in [-0.1, -0.05) is 24.1 Å². The summed E-state index contributed by atoms with van der Waals surface area (Å²) in [5.74, 6) is 6.01. The molecule has 0 radical (unpaired) electrons. The lowest BCUT2D eigenvalue weighted by atomic mass is 10.2. The molecule has 0 aliphatic heterocycles. The number of hydrogen-bond acceptors (Lipinski definition) is 4. The fourth-order valence-corrected chi connectivity index (χ4v) is 1.28. The Balaban J connectivity index is 2.31. The van der Waals surface area contributed by atoms with E-state index in [1.165, 1.54) is 7.11 Å². The minimum atomic E-state index is 0.0641. The lowest BCUT2D eigenvalue weighted by molar-refractivity contribution is 0.377. The zero-order chi connectivity index (χ0) is 12.1. The number of halogens is 1. The Kier molecular flexibility index (Phi) is 3.53. The first-order chi connectivity index (χ1) is 8.28. The van der Waals surface area contributed by atoms with Crippen molar-refractivity contribution in [1.82, 2.24) is 15.0 Å². The van der Waals surface area contributed by atoms with E-state index in [9.17, 15) is 0 Å². The average molecular weight is 246 g/mol. The highest BCUT2D eigenvalue weighted by molar-refractivity contribution is 6.28. The largest absolute Gasteiger partial charge is 0.467 e. The maximum Gasteiger partial charge on any atom is 0.321 e. The van der Waals surface area contributed by atoms with Gasteiger partial charge in [-0.15, -0.1) is 0 Å². The van der Waals surface area contributed by atoms with Crippen molar-refractivity contribution in [3.8, 4) is 17.9 Å². The zero-order valence-corrected chi connectivity index (χ0v) is 9.77. The summed E-state index contributed by atoms with van der Waals surface area (Å²) in [6.07, 6.45) is 0. The van der Waals surface area contributed by atoms with Crippen LogP contribution in [0.5, 0.6) is 6.01 Å². The second-order valence-electron chi connectivity index (χ2n) is 3.03. The molecule has 2 aromatic rings. The molecule has 84 valence electrons. The molecule has 4 nitrogen and oxygen atoms in total. The van der Waals surface area contributed by atoms with Crippen LogP contribution < -0.4 is 4.74 Å². The predicted octanol–water partition coefficient (Wildman–Crippen LogP) is 1.93. The first-order valence-corrected chi connectivity index (χ1v) is 5.18. The quantitative estimate of drug-likeness (QED) is 0.721. The van der Waals surface area contributed by atoms with Crippen LogP contribution in [0.15, 0.2) is 30.3 Å². The van der Waals surface area contributed by atoms with E-state index in [1.54, 1.807) is 0 Å². The summed E-state index contributed by atoms with van der Waals surface area (Å²) in [7, 11) is 1.46. The third-order valence-electron chi connectivity index (χ3n) is 1.86. The molecule has 0 atom stereocenters. The lowest BCUT2D eigenvalue weighted by Gasteiger charge is -1.97. The standard InChI is InChI=1S/C12H8ClN3O/c1-17-12-15-10(14-11(13)16-12)8-7-9-5-3-2-4-6-9/h2-6H,1H3. The summed E-state index contributed by atoms with van der Waals surface area (Å²) >= 11 is 5.70. The van der Waals surface area contributed by atoms with Crippen LogP contribution in [0.2, 0.25) is 5.28 Å². The number of benzene rings is 1. The topological polar surface area (TPSA) is 47.9 Å².